The molecule has 1 aromatic carbocycles. The molecule has 2 heterocycles. The van der Waals surface area contributed by atoms with Gasteiger partial charge in [-0.15, -0.1) is 0 Å². The summed E-state index contributed by atoms with van der Waals surface area (Å²) in [7, 11) is 0. The molecular weight excluding hydrogens is 396 g/mol. The largest absolute Gasteiger partial charge is 0.357 e. The summed E-state index contributed by atoms with van der Waals surface area (Å²) in [5.41, 5.74) is 2.70. The number of rotatable bonds is 8. The maximum atomic E-state index is 12.6. The van der Waals surface area contributed by atoms with Crippen LogP contribution in [0, 0.1) is 12.8 Å². The predicted molar refractivity (Wildman–Crippen MR) is 124 cm³/mol. The average Bonchev–Trinajstić information content (AvgIpc) is 2.76. The molecule has 0 bridgehead atoms. The van der Waals surface area contributed by atoms with Gasteiger partial charge in [-0.2, -0.15) is 0 Å². The molecule has 174 valence electrons. The first-order valence-corrected chi connectivity index (χ1v) is 11.8. The number of hydrogen-bond donors (Lipinski definition) is 2. The number of benzene rings is 1. The fourth-order valence-corrected chi connectivity index (χ4v) is 4.47. The van der Waals surface area contributed by atoms with Crippen molar-refractivity contribution in [2.24, 2.45) is 10.9 Å². The van der Waals surface area contributed by atoms with Crippen LogP contribution in [0.3, 0.4) is 0 Å². The molecule has 0 radical (unpaired) electrons. The fourth-order valence-electron chi connectivity index (χ4n) is 4.47. The van der Waals surface area contributed by atoms with Crippen molar-refractivity contribution in [3.05, 3.63) is 35.4 Å². The number of hydrogen-bond acceptors (Lipinski definition) is 3. The Morgan fingerprint density at radius 3 is 2.29 bits per heavy atom. The minimum Gasteiger partial charge on any atom is -0.357 e. The van der Waals surface area contributed by atoms with Gasteiger partial charge in [0.25, 0.3) is 6.43 Å². The van der Waals surface area contributed by atoms with Gasteiger partial charge in [0.2, 0.25) is 0 Å². The Morgan fingerprint density at radius 2 is 1.68 bits per heavy atom. The van der Waals surface area contributed by atoms with E-state index in [0.29, 0.717) is 12.0 Å². The predicted octanol–water partition coefficient (Wildman–Crippen LogP) is 3.49. The summed E-state index contributed by atoms with van der Waals surface area (Å²) in [6.45, 7) is 10.5. The molecule has 5 nitrogen and oxygen atoms in total. The number of aliphatic imine (C=N–C) groups is 1. The lowest BCUT2D eigenvalue weighted by molar-refractivity contribution is 0.0744. The molecule has 2 aliphatic heterocycles. The molecule has 31 heavy (non-hydrogen) atoms. The first kappa shape index (κ1) is 23.9. The molecule has 1 aromatic rings. The lowest BCUT2D eigenvalue weighted by atomic mass is 9.96. The van der Waals surface area contributed by atoms with E-state index in [-0.39, 0.29) is 6.54 Å². The van der Waals surface area contributed by atoms with E-state index in [4.69, 9.17) is 4.99 Å². The van der Waals surface area contributed by atoms with Crippen molar-refractivity contribution in [2.45, 2.75) is 58.5 Å². The summed E-state index contributed by atoms with van der Waals surface area (Å²) in [5.74, 6) is 1.49. The van der Waals surface area contributed by atoms with Gasteiger partial charge < -0.3 is 10.6 Å². The van der Waals surface area contributed by atoms with Crippen molar-refractivity contribution >= 4 is 5.96 Å². The van der Waals surface area contributed by atoms with Crippen LogP contribution in [0.5, 0.6) is 0 Å². The molecule has 7 heteroatoms. The molecule has 0 aromatic heterocycles. The van der Waals surface area contributed by atoms with Crippen molar-refractivity contribution < 1.29 is 8.78 Å². The fraction of sp³-hybridized carbons (Fsp3) is 0.708. The number of guanidine groups is 1. The molecule has 3 rings (SSSR count). The van der Waals surface area contributed by atoms with Crippen molar-refractivity contribution in [3.8, 4) is 0 Å². The van der Waals surface area contributed by atoms with Crippen LogP contribution >= 0.6 is 0 Å². The minimum atomic E-state index is -2.24. The standard InChI is InChI=1S/C24H39F2N5/c1-3-27-24(29-22-10-14-31(15-11-22)18-23(25)26)28-16-20-8-12-30(13-9-20)17-21-6-4-19(2)5-7-21/h4-7,20,22-23H,3,8-18H2,1-2H3,(H2,27,28,29). The van der Waals surface area contributed by atoms with Gasteiger partial charge in [0, 0.05) is 38.8 Å². The Kier molecular flexibility index (Phi) is 9.53. The van der Waals surface area contributed by atoms with Crippen molar-refractivity contribution in [2.75, 3.05) is 45.8 Å². The third-order valence-electron chi connectivity index (χ3n) is 6.41. The molecule has 0 saturated carbocycles. The van der Waals surface area contributed by atoms with E-state index < -0.39 is 6.43 Å². The van der Waals surface area contributed by atoms with Crippen LogP contribution in [0.25, 0.3) is 0 Å². The molecule has 2 aliphatic rings. The van der Waals surface area contributed by atoms with E-state index in [1.807, 2.05) is 4.90 Å². The van der Waals surface area contributed by atoms with Gasteiger partial charge in [-0.1, -0.05) is 29.8 Å². The van der Waals surface area contributed by atoms with Crippen molar-refractivity contribution in [1.29, 1.82) is 0 Å². The van der Waals surface area contributed by atoms with E-state index in [0.717, 1.165) is 64.6 Å². The summed E-state index contributed by atoms with van der Waals surface area (Å²) < 4.78 is 25.1. The summed E-state index contributed by atoms with van der Waals surface area (Å²) in [4.78, 5) is 9.26. The van der Waals surface area contributed by atoms with Crippen LogP contribution < -0.4 is 10.6 Å². The van der Waals surface area contributed by atoms with Crippen LogP contribution in [0.2, 0.25) is 0 Å². The Morgan fingerprint density at radius 1 is 1.03 bits per heavy atom. The monoisotopic (exact) mass is 435 g/mol. The smallest absolute Gasteiger partial charge is 0.251 e. The van der Waals surface area contributed by atoms with Gasteiger partial charge in [-0.05, 0) is 64.1 Å². The zero-order chi connectivity index (χ0) is 22.1. The van der Waals surface area contributed by atoms with Gasteiger partial charge in [0.15, 0.2) is 5.96 Å². The summed E-state index contributed by atoms with van der Waals surface area (Å²) in [5, 5.41) is 6.88. The van der Waals surface area contributed by atoms with Gasteiger partial charge in [-0.25, -0.2) is 8.78 Å². The van der Waals surface area contributed by atoms with E-state index in [2.05, 4.69) is 53.6 Å². The zero-order valence-corrected chi connectivity index (χ0v) is 19.1. The van der Waals surface area contributed by atoms with Crippen LogP contribution in [0.15, 0.2) is 29.3 Å². The highest BCUT2D eigenvalue weighted by atomic mass is 19.3. The molecular formula is C24H39F2N5. The third-order valence-corrected chi connectivity index (χ3v) is 6.41. The number of nitrogens with one attached hydrogen (secondary N) is 2. The first-order chi connectivity index (χ1) is 15.0. The molecule has 2 fully saturated rings. The van der Waals surface area contributed by atoms with Gasteiger partial charge >= 0.3 is 0 Å². The second-order valence-electron chi connectivity index (χ2n) is 9.04. The molecule has 2 N–H and O–H groups in total. The Labute approximate surface area is 186 Å². The van der Waals surface area contributed by atoms with Crippen LogP contribution in [-0.4, -0.2) is 74.0 Å². The number of halogens is 2. The zero-order valence-electron chi connectivity index (χ0n) is 19.1. The highest BCUT2D eigenvalue weighted by molar-refractivity contribution is 5.80. The van der Waals surface area contributed by atoms with Crippen molar-refractivity contribution in [1.82, 2.24) is 20.4 Å². The topological polar surface area (TPSA) is 42.9 Å². The molecule has 0 atom stereocenters. The SMILES string of the molecule is CCNC(=NCC1CCN(Cc2ccc(C)cc2)CC1)NC1CCN(CC(F)F)CC1. The van der Waals surface area contributed by atoms with Crippen molar-refractivity contribution in [3.63, 3.8) is 0 Å². The lowest BCUT2D eigenvalue weighted by Crippen LogP contribution is -2.49. The van der Waals surface area contributed by atoms with E-state index in [1.165, 1.54) is 24.0 Å². The van der Waals surface area contributed by atoms with Crippen LogP contribution in [0.4, 0.5) is 8.78 Å². The molecule has 0 amide bonds. The molecule has 0 unspecified atom stereocenters. The normalized spacial score (nSPS) is 20.4. The van der Waals surface area contributed by atoms with E-state index in [9.17, 15) is 8.78 Å². The quantitative estimate of drug-likeness (QED) is 0.485. The van der Waals surface area contributed by atoms with E-state index in [1.54, 1.807) is 0 Å². The number of likely N-dealkylation sites (tertiary alicyclic amines) is 2. The number of piperidine rings is 2. The number of nitrogens with zero attached hydrogens (tertiary/aromatic N) is 3. The van der Waals surface area contributed by atoms with E-state index >= 15 is 0 Å². The Bertz CT molecular complexity index is 663. The van der Waals surface area contributed by atoms with Gasteiger partial charge in [0.1, 0.15) is 0 Å². The number of alkyl halides is 2. The van der Waals surface area contributed by atoms with Crippen LogP contribution in [0.1, 0.15) is 43.7 Å². The highest BCUT2D eigenvalue weighted by Crippen LogP contribution is 2.20. The lowest BCUT2D eigenvalue weighted by Gasteiger charge is -2.33. The summed E-state index contributed by atoms with van der Waals surface area (Å²) >= 11 is 0. The number of aryl methyl sites for hydroxylation is 1. The highest BCUT2D eigenvalue weighted by Gasteiger charge is 2.23. The average molecular weight is 436 g/mol. The summed E-state index contributed by atoms with van der Waals surface area (Å²) in [6.07, 6.45) is 1.89. The first-order valence-electron chi connectivity index (χ1n) is 11.8. The second-order valence-corrected chi connectivity index (χ2v) is 9.04. The molecule has 2 saturated heterocycles. The molecule has 0 aliphatic carbocycles. The molecule has 0 spiro atoms. The summed E-state index contributed by atoms with van der Waals surface area (Å²) in [6, 6.07) is 9.16. The maximum Gasteiger partial charge on any atom is 0.251 e. The third kappa shape index (κ3) is 8.37. The van der Waals surface area contributed by atoms with Gasteiger partial charge in [0.05, 0.1) is 6.54 Å². The second kappa shape index (κ2) is 12.3. The Hall–Kier alpha value is -1.73. The van der Waals surface area contributed by atoms with Crippen LogP contribution in [-0.2, 0) is 6.54 Å². The minimum absolute atomic E-state index is 0.108. The maximum absolute atomic E-state index is 12.6. The Balaban J connectivity index is 1.40. The van der Waals surface area contributed by atoms with Gasteiger partial charge in [-0.3, -0.25) is 14.8 Å².